The Bertz CT molecular complexity index is 281. The molecule has 1 rings (SSSR count). The number of benzene rings is 1. The Morgan fingerprint density at radius 1 is 1.38 bits per heavy atom. The molecule has 0 radical (unpaired) electrons. The summed E-state index contributed by atoms with van der Waals surface area (Å²) in [6, 6.07) is 8.22. The van der Waals surface area contributed by atoms with E-state index < -0.39 is 0 Å². The second-order valence-corrected chi connectivity index (χ2v) is 4.02. The van der Waals surface area contributed by atoms with E-state index in [9.17, 15) is 0 Å². The molecule has 0 N–H and O–H groups in total. The van der Waals surface area contributed by atoms with Gasteiger partial charge < -0.3 is 0 Å². The van der Waals surface area contributed by atoms with Crippen LogP contribution in [0.25, 0.3) is 6.08 Å². The first-order valence-electron chi connectivity index (χ1n) is 4.27. The summed E-state index contributed by atoms with van der Waals surface area (Å²) in [4.78, 5) is 0. The molecule has 0 fully saturated rings. The van der Waals surface area contributed by atoms with Crippen molar-refractivity contribution in [3.8, 4) is 0 Å². The van der Waals surface area contributed by atoms with Crippen molar-refractivity contribution in [3.05, 3.63) is 39.9 Å². The summed E-state index contributed by atoms with van der Waals surface area (Å²) in [7, 11) is 0. The summed E-state index contributed by atoms with van der Waals surface area (Å²) in [6.07, 6.45) is 3.15. The van der Waals surface area contributed by atoms with Crippen LogP contribution in [0, 0.1) is 0 Å². The third kappa shape index (κ3) is 3.53. The maximum absolute atomic E-state index is 5.77. The van der Waals surface area contributed by atoms with Crippen LogP contribution in [-0.2, 0) is 0 Å². The maximum Gasteiger partial charge on any atom is 0.0436 e. The van der Waals surface area contributed by atoms with Crippen molar-refractivity contribution >= 4 is 33.6 Å². The maximum atomic E-state index is 5.77. The van der Waals surface area contributed by atoms with Gasteiger partial charge in [0.1, 0.15) is 0 Å². The first kappa shape index (κ1) is 10.8. The molecule has 2 heteroatoms. The quantitative estimate of drug-likeness (QED) is 0.702. The highest BCUT2D eigenvalue weighted by atomic mass is 79.9. The zero-order valence-corrected chi connectivity index (χ0v) is 9.90. The largest absolute Gasteiger partial charge is 0.122 e. The fourth-order valence-corrected chi connectivity index (χ4v) is 1.56. The van der Waals surface area contributed by atoms with Gasteiger partial charge >= 0.3 is 0 Å². The van der Waals surface area contributed by atoms with Crippen LogP contribution >= 0.6 is 27.5 Å². The minimum absolute atomic E-state index is 0.618. The molecule has 0 atom stereocenters. The van der Waals surface area contributed by atoms with E-state index >= 15 is 0 Å². The standard InChI is InChI=1S/C11H12BrCl/c1-2-9(8-13)7-10-3-5-11(12)6-4-10/h3-7H,2,8H2,1H3. The van der Waals surface area contributed by atoms with Gasteiger partial charge in [-0.05, 0) is 24.1 Å². The van der Waals surface area contributed by atoms with Gasteiger partial charge in [-0.1, -0.05) is 46.6 Å². The minimum atomic E-state index is 0.618. The van der Waals surface area contributed by atoms with E-state index in [-0.39, 0.29) is 0 Å². The summed E-state index contributed by atoms with van der Waals surface area (Å²) in [5, 5.41) is 0. The van der Waals surface area contributed by atoms with E-state index in [0.717, 1.165) is 10.9 Å². The Morgan fingerprint density at radius 3 is 2.46 bits per heavy atom. The molecule has 0 heterocycles. The van der Waals surface area contributed by atoms with Crippen molar-refractivity contribution in [3.63, 3.8) is 0 Å². The lowest BCUT2D eigenvalue weighted by Gasteiger charge is -1.99. The predicted octanol–water partition coefficient (Wildman–Crippen LogP) is 4.48. The molecule has 70 valence electrons. The molecular formula is C11H12BrCl. The molecule has 0 saturated heterocycles. The van der Waals surface area contributed by atoms with E-state index in [1.165, 1.54) is 11.1 Å². The fourth-order valence-electron chi connectivity index (χ4n) is 1.03. The third-order valence-electron chi connectivity index (χ3n) is 1.87. The molecule has 1 aromatic rings. The Morgan fingerprint density at radius 2 is 2.00 bits per heavy atom. The van der Waals surface area contributed by atoms with Crippen LogP contribution in [0.3, 0.4) is 0 Å². The van der Waals surface area contributed by atoms with Gasteiger partial charge in [-0.3, -0.25) is 0 Å². The molecule has 0 amide bonds. The number of hydrogen-bond donors (Lipinski definition) is 0. The molecule has 1 aromatic carbocycles. The second kappa shape index (κ2) is 5.46. The molecule has 0 spiro atoms. The summed E-state index contributed by atoms with van der Waals surface area (Å²) >= 11 is 9.17. The first-order valence-corrected chi connectivity index (χ1v) is 5.60. The highest BCUT2D eigenvalue weighted by Crippen LogP contribution is 2.14. The molecule has 0 saturated carbocycles. The molecule has 0 aliphatic rings. The number of hydrogen-bond acceptors (Lipinski definition) is 0. The topological polar surface area (TPSA) is 0 Å². The Hall–Kier alpha value is -0.270. The lowest BCUT2D eigenvalue weighted by atomic mass is 10.1. The van der Waals surface area contributed by atoms with Crippen LogP contribution in [0.4, 0.5) is 0 Å². The number of allylic oxidation sites excluding steroid dienone is 1. The van der Waals surface area contributed by atoms with Gasteiger partial charge in [0, 0.05) is 10.4 Å². The summed E-state index contributed by atoms with van der Waals surface area (Å²) < 4.78 is 1.11. The van der Waals surface area contributed by atoms with Crippen LogP contribution in [0.2, 0.25) is 0 Å². The normalized spacial score (nSPS) is 11.8. The number of alkyl halides is 1. The smallest absolute Gasteiger partial charge is 0.0436 e. The summed E-state index contributed by atoms with van der Waals surface area (Å²) in [6.45, 7) is 2.12. The van der Waals surface area contributed by atoms with Crippen molar-refractivity contribution in [2.24, 2.45) is 0 Å². The van der Waals surface area contributed by atoms with Crippen LogP contribution in [0.1, 0.15) is 18.9 Å². The Kier molecular flexibility index (Phi) is 4.54. The van der Waals surface area contributed by atoms with Gasteiger partial charge in [0.15, 0.2) is 0 Å². The number of rotatable bonds is 3. The predicted molar refractivity (Wildman–Crippen MR) is 63.1 cm³/mol. The fraction of sp³-hybridized carbons (Fsp3) is 0.273. The molecular weight excluding hydrogens is 247 g/mol. The van der Waals surface area contributed by atoms with Gasteiger partial charge in [-0.2, -0.15) is 0 Å². The lowest BCUT2D eigenvalue weighted by molar-refractivity contribution is 1.12. The average Bonchev–Trinajstić information content (AvgIpc) is 2.17. The minimum Gasteiger partial charge on any atom is -0.122 e. The summed E-state index contributed by atoms with van der Waals surface area (Å²) in [5.74, 6) is 0.618. The summed E-state index contributed by atoms with van der Waals surface area (Å²) in [5.41, 5.74) is 2.48. The monoisotopic (exact) mass is 258 g/mol. The Labute approximate surface area is 92.7 Å². The third-order valence-corrected chi connectivity index (χ3v) is 2.74. The van der Waals surface area contributed by atoms with Crippen molar-refractivity contribution in [2.45, 2.75) is 13.3 Å². The molecule has 0 aliphatic carbocycles. The van der Waals surface area contributed by atoms with Gasteiger partial charge in [0.05, 0.1) is 0 Å². The first-order chi connectivity index (χ1) is 6.26. The molecule has 0 aliphatic heterocycles. The van der Waals surface area contributed by atoms with Gasteiger partial charge in [0.25, 0.3) is 0 Å². The van der Waals surface area contributed by atoms with Crippen molar-refractivity contribution < 1.29 is 0 Å². The van der Waals surface area contributed by atoms with Gasteiger partial charge in [0.2, 0.25) is 0 Å². The van der Waals surface area contributed by atoms with Crippen molar-refractivity contribution in [2.75, 3.05) is 5.88 Å². The highest BCUT2D eigenvalue weighted by Gasteiger charge is 1.93. The van der Waals surface area contributed by atoms with E-state index in [4.69, 9.17) is 11.6 Å². The second-order valence-electron chi connectivity index (χ2n) is 2.84. The van der Waals surface area contributed by atoms with E-state index in [0.29, 0.717) is 5.88 Å². The highest BCUT2D eigenvalue weighted by molar-refractivity contribution is 9.10. The van der Waals surface area contributed by atoms with E-state index in [1.807, 2.05) is 12.1 Å². The zero-order valence-electron chi connectivity index (χ0n) is 7.56. The SMILES string of the molecule is CCC(=Cc1ccc(Br)cc1)CCl. The zero-order chi connectivity index (χ0) is 9.68. The van der Waals surface area contributed by atoms with Crippen LogP contribution in [0.5, 0.6) is 0 Å². The average molecular weight is 260 g/mol. The van der Waals surface area contributed by atoms with Gasteiger partial charge in [-0.15, -0.1) is 11.6 Å². The molecule has 0 bridgehead atoms. The lowest BCUT2D eigenvalue weighted by Crippen LogP contribution is -1.82. The van der Waals surface area contributed by atoms with Crippen LogP contribution in [0.15, 0.2) is 34.3 Å². The van der Waals surface area contributed by atoms with E-state index in [1.54, 1.807) is 0 Å². The molecule has 13 heavy (non-hydrogen) atoms. The van der Waals surface area contributed by atoms with Gasteiger partial charge in [-0.25, -0.2) is 0 Å². The van der Waals surface area contributed by atoms with E-state index in [2.05, 4.69) is 41.1 Å². The van der Waals surface area contributed by atoms with Crippen molar-refractivity contribution in [1.29, 1.82) is 0 Å². The van der Waals surface area contributed by atoms with Crippen molar-refractivity contribution in [1.82, 2.24) is 0 Å². The van der Waals surface area contributed by atoms with Crippen LogP contribution in [-0.4, -0.2) is 5.88 Å². The molecule has 0 aromatic heterocycles. The molecule has 0 unspecified atom stereocenters. The Balaban J connectivity index is 2.84. The van der Waals surface area contributed by atoms with Crippen LogP contribution < -0.4 is 0 Å². The number of halogens is 2. The molecule has 0 nitrogen and oxygen atoms in total.